The predicted molar refractivity (Wildman–Crippen MR) is 101 cm³/mol. The molecule has 1 atom stereocenters. The van der Waals surface area contributed by atoms with Crippen LogP contribution in [0.25, 0.3) is 0 Å². The molecule has 26 heavy (non-hydrogen) atoms. The molecule has 0 saturated carbocycles. The summed E-state index contributed by atoms with van der Waals surface area (Å²) in [5, 5.41) is 5.45. The maximum absolute atomic E-state index is 13.1. The third-order valence-electron chi connectivity index (χ3n) is 4.01. The SMILES string of the molecule is Cc1cccc(NC(=O)C[NH+](C)CC(=O)Nc2ccc(F)c(Cl)c2)c1C. The van der Waals surface area contributed by atoms with Crippen LogP contribution in [0, 0.1) is 19.7 Å². The van der Waals surface area contributed by atoms with Crippen molar-refractivity contribution in [2.45, 2.75) is 13.8 Å². The highest BCUT2D eigenvalue weighted by atomic mass is 35.5. The van der Waals surface area contributed by atoms with Crippen molar-refractivity contribution in [2.24, 2.45) is 0 Å². The Hall–Kier alpha value is -2.44. The first-order valence-corrected chi connectivity index (χ1v) is 8.56. The van der Waals surface area contributed by atoms with E-state index in [-0.39, 0.29) is 29.9 Å². The number of likely N-dealkylation sites (N-methyl/N-ethyl adjacent to an activating group) is 1. The van der Waals surface area contributed by atoms with E-state index in [9.17, 15) is 14.0 Å². The third-order valence-corrected chi connectivity index (χ3v) is 4.30. The summed E-state index contributed by atoms with van der Waals surface area (Å²) in [5.41, 5.74) is 3.30. The number of carbonyl (C=O) groups is 2. The van der Waals surface area contributed by atoms with E-state index in [0.29, 0.717) is 5.69 Å². The van der Waals surface area contributed by atoms with Gasteiger partial charge in [0.1, 0.15) is 5.82 Å². The molecule has 2 aromatic carbocycles. The summed E-state index contributed by atoms with van der Waals surface area (Å²) in [5.74, 6) is -1.01. The molecule has 138 valence electrons. The molecule has 2 aromatic rings. The van der Waals surface area contributed by atoms with Crippen LogP contribution < -0.4 is 15.5 Å². The number of benzene rings is 2. The van der Waals surface area contributed by atoms with Crippen molar-refractivity contribution < 1.29 is 18.9 Å². The normalized spacial score (nSPS) is 11.7. The van der Waals surface area contributed by atoms with Crippen molar-refractivity contribution in [2.75, 3.05) is 30.8 Å². The second-order valence-electron chi connectivity index (χ2n) is 6.28. The number of nitrogens with one attached hydrogen (secondary N) is 3. The van der Waals surface area contributed by atoms with E-state index in [1.165, 1.54) is 18.2 Å². The number of hydrogen-bond acceptors (Lipinski definition) is 2. The molecule has 0 fully saturated rings. The van der Waals surface area contributed by atoms with Gasteiger partial charge in [-0.05, 0) is 49.2 Å². The number of quaternary nitrogens is 1. The molecule has 3 N–H and O–H groups in total. The standard InChI is InChI=1S/C19H21ClFN3O2/c1-12-5-4-6-17(13(12)2)23-19(26)11-24(3)10-18(25)22-14-7-8-16(21)15(20)9-14/h4-9H,10-11H2,1-3H3,(H,22,25)(H,23,26)/p+1. The number of halogens is 2. The van der Waals surface area contributed by atoms with Crippen molar-refractivity contribution in [3.63, 3.8) is 0 Å². The molecule has 1 unspecified atom stereocenters. The van der Waals surface area contributed by atoms with Crippen LogP contribution in [0.3, 0.4) is 0 Å². The molecule has 0 heterocycles. The summed E-state index contributed by atoms with van der Waals surface area (Å²) < 4.78 is 13.1. The second kappa shape index (κ2) is 8.78. The Kier molecular flexibility index (Phi) is 6.71. The minimum Gasteiger partial charge on any atom is -0.322 e. The largest absolute Gasteiger partial charge is 0.322 e. The van der Waals surface area contributed by atoms with Crippen molar-refractivity contribution >= 4 is 34.8 Å². The molecule has 0 radical (unpaired) electrons. The van der Waals surface area contributed by atoms with Crippen molar-refractivity contribution in [3.05, 3.63) is 58.4 Å². The summed E-state index contributed by atoms with van der Waals surface area (Å²) in [6, 6.07) is 9.68. The van der Waals surface area contributed by atoms with Gasteiger partial charge in [0.2, 0.25) is 0 Å². The number of rotatable bonds is 6. The van der Waals surface area contributed by atoms with Crippen LogP contribution >= 0.6 is 11.6 Å². The van der Waals surface area contributed by atoms with E-state index in [2.05, 4.69) is 10.6 Å². The van der Waals surface area contributed by atoms with Gasteiger partial charge in [0.15, 0.2) is 13.1 Å². The van der Waals surface area contributed by atoms with Crippen LogP contribution in [0.2, 0.25) is 5.02 Å². The molecule has 0 aliphatic heterocycles. The Labute approximate surface area is 157 Å². The first-order valence-electron chi connectivity index (χ1n) is 8.18. The fourth-order valence-corrected chi connectivity index (χ4v) is 2.65. The van der Waals surface area contributed by atoms with Gasteiger partial charge in [-0.15, -0.1) is 0 Å². The molecule has 0 bridgehead atoms. The number of carbonyl (C=O) groups excluding carboxylic acids is 2. The number of hydrogen-bond donors (Lipinski definition) is 3. The summed E-state index contributed by atoms with van der Waals surface area (Å²) in [7, 11) is 1.75. The maximum Gasteiger partial charge on any atom is 0.279 e. The maximum atomic E-state index is 13.1. The molecule has 2 rings (SSSR count). The molecule has 0 spiro atoms. The summed E-state index contributed by atoms with van der Waals surface area (Å²) >= 11 is 5.69. The quantitative estimate of drug-likeness (QED) is 0.721. The zero-order valence-electron chi connectivity index (χ0n) is 15.0. The molecule has 0 aromatic heterocycles. The molecule has 0 aliphatic rings. The fraction of sp³-hybridized carbons (Fsp3) is 0.263. The molecule has 5 nitrogen and oxygen atoms in total. The van der Waals surface area contributed by atoms with Gasteiger partial charge in [0.05, 0.1) is 12.1 Å². The zero-order valence-corrected chi connectivity index (χ0v) is 15.7. The van der Waals surface area contributed by atoms with E-state index >= 15 is 0 Å². The van der Waals surface area contributed by atoms with E-state index in [4.69, 9.17) is 11.6 Å². The van der Waals surface area contributed by atoms with Gasteiger partial charge in [0.25, 0.3) is 11.8 Å². The minimum atomic E-state index is -0.546. The predicted octanol–water partition coefficient (Wildman–Crippen LogP) is 2.19. The first kappa shape index (κ1) is 19.9. The number of amides is 2. The van der Waals surface area contributed by atoms with Crippen molar-refractivity contribution in [1.29, 1.82) is 0 Å². The third kappa shape index (κ3) is 5.54. The Morgan fingerprint density at radius 1 is 1.08 bits per heavy atom. The van der Waals surface area contributed by atoms with Gasteiger partial charge in [-0.1, -0.05) is 23.7 Å². The Morgan fingerprint density at radius 3 is 2.38 bits per heavy atom. The van der Waals surface area contributed by atoms with Gasteiger partial charge >= 0.3 is 0 Å². The average molecular weight is 379 g/mol. The van der Waals surface area contributed by atoms with Crippen LogP contribution in [0.15, 0.2) is 36.4 Å². The van der Waals surface area contributed by atoms with Gasteiger partial charge < -0.3 is 15.5 Å². The molecule has 2 amide bonds. The van der Waals surface area contributed by atoms with Crippen LogP contribution in [-0.4, -0.2) is 32.0 Å². The van der Waals surface area contributed by atoms with E-state index < -0.39 is 5.82 Å². The number of anilines is 2. The lowest BCUT2D eigenvalue weighted by molar-refractivity contribution is -0.862. The van der Waals surface area contributed by atoms with E-state index in [1.54, 1.807) is 7.05 Å². The van der Waals surface area contributed by atoms with Crippen LogP contribution in [0.1, 0.15) is 11.1 Å². The monoisotopic (exact) mass is 378 g/mol. The Balaban J connectivity index is 1.86. The van der Waals surface area contributed by atoms with Crippen molar-refractivity contribution in [3.8, 4) is 0 Å². The summed E-state index contributed by atoms with van der Waals surface area (Å²) in [6.07, 6.45) is 0. The van der Waals surface area contributed by atoms with Gasteiger partial charge in [-0.3, -0.25) is 9.59 Å². The Morgan fingerprint density at radius 2 is 1.73 bits per heavy atom. The van der Waals surface area contributed by atoms with Gasteiger partial charge in [0, 0.05) is 11.4 Å². The lowest BCUT2D eigenvalue weighted by Crippen LogP contribution is -3.11. The van der Waals surface area contributed by atoms with E-state index in [1.807, 2.05) is 32.0 Å². The summed E-state index contributed by atoms with van der Waals surface area (Å²) in [4.78, 5) is 25.0. The highest BCUT2D eigenvalue weighted by Gasteiger charge is 2.15. The zero-order chi connectivity index (χ0) is 19.3. The number of aryl methyl sites for hydroxylation is 1. The molecule has 7 heteroatoms. The van der Waals surface area contributed by atoms with Crippen LogP contribution in [0.5, 0.6) is 0 Å². The smallest absolute Gasteiger partial charge is 0.279 e. The van der Waals surface area contributed by atoms with Gasteiger partial charge in [-0.2, -0.15) is 0 Å². The highest BCUT2D eigenvalue weighted by molar-refractivity contribution is 6.31. The lowest BCUT2D eigenvalue weighted by Gasteiger charge is -2.15. The van der Waals surface area contributed by atoms with Gasteiger partial charge in [-0.25, -0.2) is 4.39 Å². The molecular formula is C19H22ClFN3O2+. The molecular weight excluding hydrogens is 357 g/mol. The minimum absolute atomic E-state index is 0.0589. The van der Waals surface area contributed by atoms with Crippen LogP contribution in [-0.2, 0) is 9.59 Å². The first-order chi connectivity index (χ1) is 12.3. The molecule has 0 saturated heterocycles. The second-order valence-corrected chi connectivity index (χ2v) is 6.69. The molecule has 0 aliphatic carbocycles. The Bertz CT molecular complexity index is 826. The topological polar surface area (TPSA) is 62.6 Å². The van der Waals surface area contributed by atoms with Crippen molar-refractivity contribution in [1.82, 2.24) is 0 Å². The van der Waals surface area contributed by atoms with E-state index in [0.717, 1.165) is 21.7 Å². The lowest BCUT2D eigenvalue weighted by atomic mass is 10.1. The summed E-state index contributed by atoms with van der Waals surface area (Å²) in [6.45, 7) is 4.16. The average Bonchev–Trinajstić information content (AvgIpc) is 2.55. The fourth-order valence-electron chi connectivity index (χ4n) is 2.47. The van der Waals surface area contributed by atoms with Crippen LogP contribution in [0.4, 0.5) is 15.8 Å². The highest BCUT2D eigenvalue weighted by Crippen LogP contribution is 2.19.